The number of nitrogens with zero attached hydrogens (tertiary/aromatic N) is 3. The number of hydrogen-bond donors (Lipinski definition) is 1. The number of aryl methyl sites for hydroxylation is 3. The van der Waals surface area contributed by atoms with E-state index in [9.17, 15) is 4.79 Å². The Morgan fingerprint density at radius 2 is 1.64 bits per heavy atom. The summed E-state index contributed by atoms with van der Waals surface area (Å²) in [5, 5.41) is 12.5. The van der Waals surface area contributed by atoms with Gasteiger partial charge in [-0.2, -0.15) is 0 Å². The van der Waals surface area contributed by atoms with Crippen LogP contribution in [0.3, 0.4) is 0 Å². The van der Waals surface area contributed by atoms with Crippen LogP contribution in [0.4, 0.5) is 5.69 Å². The molecule has 1 N–H and O–H groups in total. The van der Waals surface area contributed by atoms with Crippen LogP contribution in [0, 0.1) is 20.8 Å². The van der Waals surface area contributed by atoms with Crippen molar-refractivity contribution in [3.8, 4) is 5.69 Å². The molecule has 7 heteroatoms. The van der Waals surface area contributed by atoms with E-state index >= 15 is 0 Å². The summed E-state index contributed by atoms with van der Waals surface area (Å²) in [6.07, 6.45) is 0. The number of hydrogen-bond acceptors (Lipinski definition) is 5. The van der Waals surface area contributed by atoms with Crippen molar-refractivity contribution in [3.63, 3.8) is 0 Å². The summed E-state index contributed by atoms with van der Waals surface area (Å²) in [4.78, 5) is 13.8. The highest BCUT2D eigenvalue weighted by molar-refractivity contribution is 7.99. The second-order valence-corrected chi connectivity index (χ2v) is 9.80. The largest absolute Gasteiger partial charge is 0.325 e. The molecule has 0 fully saturated rings. The van der Waals surface area contributed by atoms with Crippen LogP contribution in [0.25, 0.3) is 5.69 Å². The molecule has 0 spiro atoms. The topological polar surface area (TPSA) is 59.8 Å². The molecule has 0 atom stereocenters. The summed E-state index contributed by atoms with van der Waals surface area (Å²) in [7, 11) is 0. The minimum atomic E-state index is -0.0681. The molecule has 0 radical (unpaired) electrons. The highest BCUT2D eigenvalue weighted by atomic mass is 32.2. The van der Waals surface area contributed by atoms with Gasteiger partial charge in [-0.1, -0.05) is 53.7 Å². The molecule has 33 heavy (non-hydrogen) atoms. The number of thioether (sulfide) groups is 2. The number of nitrogens with one attached hydrogen (secondary N) is 1. The Morgan fingerprint density at radius 3 is 2.36 bits per heavy atom. The molecule has 4 rings (SSSR count). The Morgan fingerprint density at radius 1 is 0.879 bits per heavy atom. The molecule has 0 aliphatic carbocycles. The Labute approximate surface area is 203 Å². The van der Waals surface area contributed by atoms with Gasteiger partial charge in [0.15, 0.2) is 5.16 Å². The molecule has 3 aromatic carbocycles. The van der Waals surface area contributed by atoms with Gasteiger partial charge < -0.3 is 5.32 Å². The first-order chi connectivity index (χ1) is 16.0. The fraction of sp³-hybridized carbons (Fsp3) is 0.192. The van der Waals surface area contributed by atoms with Crippen LogP contribution in [-0.2, 0) is 10.5 Å². The van der Waals surface area contributed by atoms with E-state index in [1.54, 1.807) is 11.8 Å². The third-order valence-electron chi connectivity index (χ3n) is 5.23. The zero-order valence-corrected chi connectivity index (χ0v) is 20.5. The monoisotopic (exact) mass is 474 g/mol. The van der Waals surface area contributed by atoms with E-state index in [1.807, 2.05) is 60.0 Å². The molecule has 4 aromatic rings. The molecule has 0 saturated carbocycles. The molecule has 0 aliphatic heterocycles. The zero-order valence-electron chi connectivity index (χ0n) is 18.9. The molecule has 5 nitrogen and oxygen atoms in total. The van der Waals surface area contributed by atoms with Gasteiger partial charge in [0.05, 0.1) is 11.5 Å². The van der Waals surface area contributed by atoms with Crippen molar-refractivity contribution < 1.29 is 4.79 Å². The summed E-state index contributed by atoms with van der Waals surface area (Å²) in [6, 6.07) is 24.4. The van der Waals surface area contributed by atoms with E-state index in [-0.39, 0.29) is 11.7 Å². The van der Waals surface area contributed by atoms with Gasteiger partial charge in [0.1, 0.15) is 5.82 Å². The van der Waals surface area contributed by atoms with Gasteiger partial charge in [0, 0.05) is 16.3 Å². The van der Waals surface area contributed by atoms with Crippen LogP contribution < -0.4 is 5.32 Å². The van der Waals surface area contributed by atoms with Gasteiger partial charge in [-0.3, -0.25) is 9.36 Å². The first-order valence-electron chi connectivity index (χ1n) is 10.7. The van der Waals surface area contributed by atoms with Crippen molar-refractivity contribution >= 4 is 35.1 Å². The highest BCUT2D eigenvalue weighted by Crippen LogP contribution is 2.27. The number of aromatic nitrogens is 3. The van der Waals surface area contributed by atoms with E-state index in [1.165, 1.54) is 27.8 Å². The van der Waals surface area contributed by atoms with Crippen molar-refractivity contribution in [1.82, 2.24) is 14.8 Å². The first-order valence-corrected chi connectivity index (χ1v) is 12.7. The third kappa shape index (κ3) is 6.06. The molecule has 0 aliphatic rings. The van der Waals surface area contributed by atoms with Crippen molar-refractivity contribution in [2.75, 3.05) is 11.1 Å². The van der Waals surface area contributed by atoms with E-state index in [0.29, 0.717) is 10.9 Å². The van der Waals surface area contributed by atoms with E-state index < -0.39 is 0 Å². The Kier molecular flexibility index (Phi) is 7.52. The lowest BCUT2D eigenvalue weighted by molar-refractivity contribution is -0.113. The minimum absolute atomic E-state index is 0.0681. The maximum absolute atomic E-state index is 12.6. The molecule has 1 amide bonds. The highest BCUT2D eigenvalue weighted by Gasteiger charge is 2.16. The van der Waals surface area contributed by atoms with E-state index in [2.05, 4.69) is 53.6 Å². The lowest BCUT2D eigenvalue weighted by atomic mass is 10.1. The molecule has 0 bridgehead atoms. The summed E-state index contributed by atoms with van der Waals surface area (Å²) in [5.41, 5.74) is 5.39. The average molecular weight is 475 g/mol. The van der Waals surface area contributed by atoms with Gasteiger partial charge in [-0.25, -0.2) is 0 Å². The summed E-state index contributed by atoms with van der Waals surface area (Å²) in [6.45, 7) is 6.18. The number of para-hydroxylation sites is 1. The lowest BCUT2D eigenvalue weighted by Crippen LogP contribution is -2.14. The predicted molar refractivity (Wildman–Crippen MR) is 137 cm³/mol. The SMILES string of the molecule is Cc1ccc(SCc2nnc(SCC(=O)Nc3ccc(C)c(C)c3)n2-c2ccccc2)cc1. The number of carbonyl (C=O) groups is 1. The Hall–Kier alpha value is -3.03. The number of amides is 1. The van der Waals surface area contributed by atoms with Crippen molar-refractivity contribution in [2.45, 2.75) is 36.6 Å². The summed E-state index contributed by atoms with van der Waals surface area (Å²) >= 11 is 3.11. The molecule has 0 unspecified atom stereocenters. The maximum atomic E-state index is 12.6. The number of anilines is 1. The van der Waals surface area contributed by atoms with Gasteiger partial charge in [0.25, 0.3) is 0 Å². The van der Waals surface area contributed by atoms with Crippen LogP contribution in [0.2, 0.25) is 0 Å². The fourth-order valence-corrected chi connectivity index (χ4v) is 4.83. The third-order valence-corrected chi connectivity index (χ3v) is 7.16. The molecule has 1 heterocycles. The van der Waals surface area contributed by atoms with Gasteiger partial charge in [-0.05, 0) is 68.3 Å². The first kappa shape index (κ1) is 23.1. The molecule has 168 valence electrons. The number of benzene rings is 3. The zero-order chi connectivity index (χ0) is 23.2. The van der Waals surface area contributed by atoms with Crippen molar-refractivity contribution in [1.29, 1.82) is 0 Å². The smallest absolute Gasteiger partial charge is 0.234 e. The summed E-state index contributed by atoms with van der Waals surface area (Å²) < 4.78 is 2.04. The van der Waals surface area contributed by atoms with Crippen LogP contribution in [-0.4, -0.2) is 26.4 Å². The normalized spacial score (nSPS) is 10.9. The van der Waals surface area contributed by atoms with Gasteiger partial charge in [0.2, 0.25) is 5.91 Å². The fourth-order valence-electron chi connectivity index (χ4n) is 3.25. The number of carbonyl (C=O) groups excluding carboxylic acids is 1. The Bertz CT molecular complexity index is 1240. The molecule has 0 saturated heterocycles. The second-order valence-electron chi connectivity index (χ2n) is 7.81. The predicted octanol–water partition coefficient (Wildman–Crippen LogP) is 6.22. The van der Waals surface area contributed by atoms with E-state index in [4.69, 9.17) is 0 Å². The summed E-state index contributed by atoms with van der Waals surface area (Å²) in [5.74, 6) is 1.72. The van der Waals surface area contributed by atoms with Crippen LogP contribution >= 0.6 is 23.5 Å². The quantitative estimate of drug-likeness (QED) is 0.307. The van der Waals surface area contributed by atoms with Gasteiger partial charge >= 0.3 is 0 Å². The minimum Gasteiger partial charge on any atom is -0.325 e. The molecule has 1 aromatic heterocycles. The van der Waals surface area contributed by atoms with E-state index in [0.717, 1.165) is 22.8 Å². The number of rotatable bonds is 8. The van der Waals surface area contributed by atoms with Crippen molar-refractivity contribution in [2.24, 2.45) is 0 Å². The lowest BCUT2D eigenvalue weighted by Gasteiger charge is -2.11. The standard InChI is InChI=1S/C26H26N4OS2/c1-18-9-13-23(14-10-18)32-16-24-28-29-26(30(24)22-7-5-4-6-8-22)33-17-25(31)27-21-12-11-19(2)20(3)15-21/h4-15H,16-17H2,1-3H3,(H,27,31). The molecular weight excluding hydrogens is 448 g/mol. The van der Waals surface area contributed by atoms with Crippen LogP contribution in [0.1, 0.15) is 22.5 Å². The van der Waals surface area contributed by atoms with Crippen LogP contribution in [0.5, 0.6) is 0 Å². The Balaban J connectivity index is 1.48. The second kappa shape index (κ2) is 10.7. The van der Waals surface area contributed by atoms with Crippen LogP contribution in [0.15, 0.2) is 82.8 Å². The maximum Gasteiger partial charge on any atom is 0.234 e. The van der Waals surface area contributed by atoms with Gasteiger partial charge in [-0.15, -0.1) is 22.0 Å². The molecular formula is C26H26N4OS2. The average Bonchev–Trinajstić information content (AvgIpc) is 3.23. The van der Waals surface area contributed by atoms with Crippen molar-refractivity contribution in [3.05, 3.63) is 95.3 Å².